The monoisotopic (exact) mass is 203 g/mol. The van der Waals surface area contributed by atoms with Crippen molar-refractivity contribution in [3.63, 3.8) is 0 Å². The van der Waals surface area contributed by atoms with E-state index in [-0.39, 0.29) is 5.69 Å². The molecule has 0 aliphatic carbocycles. The van der Waals surface area contributed by atoms with Crippen LogP contribution in [0.1, 0.15) is 16.1 Å². The zero-order valence-corrected chi connectivity index (χ0v) is 8.08. The number of hydrogen-bond donors (Lipinski definition) is 1. The molecule has 15 heavy (non-hydrogen) atoms. The molecular formula is C10H9N3O2. The fourth-order valence-corrected chi connectivity index (χ4v) is 1.24. The van der Waals surface area contributed by atoms with E-state index in [2.05, 4.69) is 10.2 Å². The second kappa shape index (κ2) is 3.53. The Hall–Kier alpha value is -2.17. The Balaban J connectivity index is 2.41. The molecule has 1 aromatic carbocycles. The van der Waals surface area contributed by atoms with E-state index in [1.807, 2.05) is 31.2 Å². The highest BCUT2D eigenvalue weighted by Gasteiger charge is 2.08. The molecular weight excluding hydrogens is 194 g/mol. The SMILES string of the molecule is Cc1cccc(-n2ncc(C(=O)O)n2)c1. The van der Waals surface area contributed by atoms with Crippen molar-refractivity contribution in [2.75, 3.05) is 0 Å². The van der Waals surface area contributed by atoms with Crippen molar-refractivity contribution >= 4 is 5.97 Å². The Kier molecular flexibility index (Phi) is 2.21. The first-order valence-corrected chi connectivity index (χ1v) is 4.39. The summed E-state index contributed by atoms with van der Waals surface area (Å²) < 4.78 is 0. The summed E-state index contributed by atoms with van der Waals surface area (Å²) in [6.07, 6.45) is 1.23. The van der Waals surface area contributed by atoms with Gasteiger partial charge in [0.25, 0.3) is 0 Å². The molecule has 1 aromatic heterocycles. The Bertz CT molecular complexity index is 505. The van der Waals surface area contributed by atoms with Gasteiger partial charge in [-0.1, -0.05) is 12.1 Å². The van der Waals surface area contributed by atoms with Crippen LogP contribution in [0.15, 0.2) is 30.5 Å². The molecule has 0 atom stereocenters. The van der Waals surface area contributed by atoms with E-state index in [4.69, 9.17) is 5.11 Å². The maximum atomic E-state index is 10.6. The molecule has 0 aliphatic heterocycles. The average molecular weight is 203 g/mol. The zero-order chi connectivity index (χ0) is 10.8. The molecule has 0 saturated heterocycles. The smallest absolute Gasteiger partial charge is 0.358 e. The first-order valence-electron chi connectivity index (χ1n) is 4.39. The maximum absolute atomic E-state index is 10.6. The number of carboxylic acids is 1. The van der Waals surface area contributed by atoms with Crippen LogP contribution >= 0.6 is 0 Å². The first kappa shape index (κ1) is 9.39. The number of carbonyl (C=O) groups is 1. The van der Waals surface area contributed by atoms with Gasteiger partial charge in [-0.05, 0) is 24.6 Å². The summed E-state index contributed by atoms with van der Waals surface area (Å²) in [5.74, 6) is -1.08. The van der Waals surface area contributed by atoms with E-state index in [9.17, 15) is 4.79 Å². The number of rotatable bonds is 2. The number of aromatic carboxylic acids is 1. The Morgan fingerprint density at radius 3 is 2.87 bits per heavy atom. The van der Waals surface area contributed by atoms with Crippen molar-refractivity contribution < 1.29 is 9.90 Å². The third-order valence-electron chi connectivity index (χ3n) is 1.94. The van der Waals surface area contributed by atoms with Gasteiger partial charge in [0, 0.05) is 0 Å². The van der Waals surface area contributed by atoms with Gasteiger partial charge in [-0.15, -0.1) is 5.10 Å². The third-order valence-corrected chi connectivity index (χ3v) is 1.94. The first-order chi connectivity index (χ1) is 7.16. The summed E-state index contributed by atoms with van der Waals surface area (Å²) >= 11 is 0. The molecule has 2 aromatic rings. The molecule has 5 heteroatoms. The van der Waals surface area contributed by atoms with Gasteiger partial charge in [0.15, 0.2) is 5.69 Å². The lowest BCUT2D eigenvalue weighted by atomic mass is 10.2. The quantitative estimate of drug-likeness (QED) is 0.798. The van der Waals surface area contributed by atoms with Crippen LogP contribution < -0.4 is 0 Å². The molecule has 0 unspecified atom stereocenters. The summed E-state index contributed by atoms with van der Waals surface area (Å²) in [7, 11) is 0. The molecule has 0 saturated carbocycles. The van der Waals surface area contributed by atoms with Gasteiger partial charge in [-0.25, -0.2) is 4.79 Å². The standard InChI is InChI=1S/C10H9N3O2/c1-7-3-2-4-8(5-7)13-11-6-9(12-13)10(14)15/h2-6H,1H3,(H,14,15). The number of hydrogen-bond acceptors (Lipinski definition) is 3. The van der Waals surface area contributed by atoms with Crippen LogP contribution in [0.25, 0.3) is 5.69 Å². The van der Waals surface area contributed by atoms with Gasteiger partial charge < -0.3 is 5.11 Å². The van der Waals surface area contributed by atoms with E-state index in [1.54, 1.807) is 0 Å². The highest BCUT2D eigenvalue weighted by atomic mass is 16.4. The number of nitrogens with zero attached hydrogens (tertiary/aromatic N) is 3. The molecule has 1 heterocycles. The average Bonchev–Trinajstić information content (AvgIpc) is 2.66. The topological polar surface area (TPSA) is 68.0 Å². The van der Waals surface area contributed by atoms with Crippen LogP contribution in [0.2, 0.25) is 0 Å². The van der Waals surface area contributed by atoms with Gasteiger partial charge in [-0.3, -0.25) is 0 Å². The lowest BCUT2D eigenvalue weighted by Gasteiger charge is -1.99. The maximum Gasteiger partial charge on any atom is 0.358 e. The number of aromatic nitrogens is 3. The van der Waals surface area contributed by atoms with Crippen LogP contribution in [0.5, 0.6) is 0 Å². The van der Waals surface area contributed by atoms with E-state index in [0.717, 1.165) is 11.3 Å². The normalized spacial score (nSPS) is 10.2. The molecule has 5 nitrogen and oxygen atoms in total. The van der Waals surface area contributed by atoms with Crippen molar-refractivity contribution in [3.8, 4) is 5.69 Å². The van der Waals surface area contributed by atoms with Crippen LogP contribution in [0, 0.1) is 6.92 Å². The predicted octanol–water partition coefficient (Wildman–Crippen LogP) is 1.27. The molecule has 2 rings (SSSR count). The van der Waals surface area contributed by atoms with E-state index >= 15 is 0 Å². The van der Waals surface area contributed by atoms with Crippen LogP contribution in [0.4, 0.5) is 0 Å². The molecule has 0 radical (unpaired) electrons. The minimum absolute atomic E-state index is 0.0588. The van der Waals surface area contributed by atoms with Crippen LogP contribution in [-0.2, 0) is 0 Å². The fraction of sp³-hybridized carbons (Fsp3) is 0.100. The lowest BCUT2D eigenvalue weighted by molar-refractivity contribution is 0.0690. The lowest BCUT2D eigenvalue weighted by Crippen LogP contribution is -2.02. The van der Waals surface area contributed by atoms with E-state index in [0.29, 0.717) is 0 Å². The highest BCUT2D eigenvalue weighted by Crippen LogP contribution is 2.07. The van der Waals surface area contributed by atoms with Gasteiger partial charge in [0.1, 0.15) is 0 Å². The molecule has 0 spiro atoms. The van der Waals surface area contributed by atoms with Crippen molar-refractivity contribution in [1.29, 1.82) is 0 Å². The largest absolute Gasteiger partial charge is 0.476 e. The van der Waals surface area contributed by atoms with Crippen LogP contribution in [0.3, 0.4) is 0 Å². The zero-order valence-electron chi connectivity index (χ0n) is 8.08. The molecule has 76 valence electrons. The number of carboxylic acid groups (broad SMARTS) is 1. The Morgan fingerprint density at radius 2 is 2.27 bits per heavy atom. The second-order valence-electron chi connectivity index (χ2n) is 3.16. The van der Waals surface area contributed by atoms with Gasteiger partial charge in [0.2, 0.25) is 0 Å². The minimum atomic E-state index is -1.08. The van der Waals surface area contributed by atoms with Gasteiger partial charge in [0.05, 0.1) is 11.9 Å². The second-order valence-corrected chi connectivity index (χ2v) is 3.16. The highest BCUT2D eigenvalue weighted by molar-refractivity contribution is 5.84. The van der Waals surface area contributed by atoms with E-state index in [1.165, 1.54) is 11.0 Å². The molecule has 0 bridgehead atoms. The van der Waals surface area contributed by atoms with Crippen molar-refractivity contribution in [2.45, 2.75) is 6.92 Å². The van der Waals surface area contributed by atoms with Crippen LogP contribution in [-0.4, -0.2) is 26.1 Å². The van der Waals surface area contributed by atoms with Crippen molar-refractivity contribution in [2.24, 2.45) is 0 Å². The number of benzene rings is 1. The van der Waals surface area contributed by atoms with E-state index < -0.39 is 5.97 Å². The summed E-state index contributed by atoms with van der Waals surface area (Å²) in [5, 5.41) is 16.4. The van der Waals surface area contributed by atoms with Gasteiger partial charge in [-0.2, -0.15) is 9.90 Å². The fourth-order valence-electron chi connectivity index (χ4n) is 1.24. The summed E-state index contributed by atoms with van der Waals surface area (Å²) in [6.45, 7) is 1.95. The molecule has 1 N–H and O–H groups in total. The molecule has 0 aliphatic rings. The molecule has 0 fully saturated rings. The molecule has 0 amide bonds. The third kappa shape index (κ3) is 1.85. The Labute approximate surface area is 86.0 Å². The minimum Gasteiger partial charge on any atom is -0.476 e. The predicted molar refractivity (Wildman–Crippen MR) is 53.1 cm³/mol. The summed E-state index contributed by atoms with van der Waals surface area (Å²) in [4.78, 5) is 11.9. The van der Waals surface area contributed by atoms with Gasteiger partial charge >= 0.3 is 5.97 Å². The summed E-state index contributed by atoms with van der Waals surface area (Å²) in [6, 6.07) is 7.52. The van der Waals surface area contributed by atoms with Crippen molar-refractivity contribution in [1.82, 2.24) is 15.0 Å². The van der Waals surface area contributed by atoms with Crippen molar-refractivity contribution in [3.05, 3.63) is 41.7 Å². The Morgan fingerprint density at radius 1 is 1.47 bits per heavy atom. The number of aryl methyl sites for hydroxylation is 1. The summed E-state index contributed by atoms with van der Waals surface area (Å²) in [5.41, 5.74) is 1.76.